The van der Waals surface area contributed by atoms with E-state index in [9.17, 15) is 4.79 Å². The minimum Gasteiger partial charge on any atom is -0.497 e. The predicted octanol–water partition coefficient (Wildman–Crippen LogP) is 4.42. The van der Waals surface area contributed by atoms with Gasteiger partial charge in [-0.2, -0.15) is 0 Å². The van der Waals surface area contributed by atoms with Crippen LogP contribution in [0.2, 0.25) is 10.0 Å². The molecule has 2 rings (SSSR count). The van der Waals surface area contributed by atoms with E-state index in [1.807, 2.05) is 37.3 Å². The quantitative estimate of drug-likeness (QED) is 0.876. The second-order valence-corrected chi connectivity index (χ2v) is 5.83. The third-order valence-corrected chi connectivity index (χ3v) is 3.87. The number of halogens is 2. The largest absolute Gasteiger partial charge is 0.497 e. The van der Waals surface area contributed by atoms with Gasteiger partial charge in [-0.1, -0.05) is 41.4 Å². The van der Waals surface area contributed by atoms with Gasteiger partial charge in [-0.25, -0.2) is 0 Å². The van der Waals surface area contributed by atoms with Crippen molar-refractivity contribution in [3.05, 3.63) is 63.6 Å². The average molecular weight is 338 g/mol. The third-order valence-electron chi connectivity index (χ3n) is 3.31. The van der Waals surface area contributed by atoms with Crippen molar-refractivity contribution in [3.8, 4) is 5.75 Å². The summed E-state index contributed by atoms with van der Waals surface area (Å²) in [6.45, 7) is 1.89. The number of ether oxygens (including phenoxy) is 1. The molecule has 116 valence electrons. The molecule has 0 aliphatic rings. The number of nitrogens with one attached hydrogen (secondary N) is 1. The first-order valence-electron chi connectivity index (χ1n) is 6.87. The van der Waals surface area contributed by atoms with Crippen molar-refractivity contribution in [2.45, 2.75) is 19.4 Å². The summed E-state index contributed by atoms with van der Waals surface area (Å²) < 4.78 is 5.15. The number of methoxy groups -OCH3 is 1. The van der Waals surface area contributed by atoms with Crippen molar-refractivity contribution in [2.24, 2.45) is 0 Å². The molecule has 0 fully saturated rings. The minimum atomic E-state index is -0.192. The van der Waals surface area contributed by atoms with Gasteiger partial charge in [0.25, 0.3) is 0 Å². The Balaban J connectivity index is 2.01. The number of hydrogen-bond donors (Lipinski definition) is 1. The summed E-state index contributed by atoms with van der Waals surface area (Å²) in [5.74, 6) is 0.658. The monoisotopic (exact) mass is 337 g/mol. The Morgan fingerprint density at radius 3 is 2.68 bits per heavy atom. The van der Waals surface area contributed by atoms with E-state index in [4.69, 9.17) is 27.9 Å². The second-order valence-electron chi connectivity index (χ2n) is 4.98. The van der Waals surface area contributed by atoms with E-state index in [1.165, 1.54) is 0 Å². The molecule has 0 bridgehead atoms. The van der Waals surface area contributed by atoms with E-state index in [2.05, 4.69) is 5.32 Å². The molecular formula is C17H17Cl2NO2. The van der Waals surface area contributed by atoms with Crippen LogP contribution in [0.4, 0.5) is 0 Å². The number of benzene rings is 2. The van der Waals surface area contributed by atoms with Gasteiger partial charge in [0.05, 0.1) is 19.6 Å². The van der Waals surface area contributed by atoms with Crippen LogP contribution in [0.15, 0.2) is 42.5 Å². The van der Waals surface area contributed by atoms with Crippen molar-refractivity contribution in [3.63, 3.8) is 0 Å². The molecule has 0 saturated carbocycles. The lowest BCUT2D eigenvalue weighted by Crippen LogP contribution is -2.28. The van der Waals surface area contributed by atoms with Gasteiger partial charge in [0.15, 0.2) is 0 Å². The lowest BCUT2D eigenvalue weighted by molar-refractivity contribution is -0.121. The van der Waals surface area contributed by atoms with Crippen molar-refractivity contribution in [1.29, 1.82) is 0 Å². The molecule has 0 saturated heterocycles. The molecule has 1 atom stereocenters. The zero-order chi connectivity index (χ0) is 16.1. The number of carbonyl (C=O) groups is 1. The van der Waals surface area contributed by atoms with Crippen LogP contribution < -0.4 is 10.1 Å². The number of carbonyl (C=O) groups excluding carboxylic acids is 1. The highest BCUT2D eigenvalue weighted by molar-refractivity contribution is 6.35. The van der Waals surface area contributed by atoms with E-state index >= 15 is 0 Å². The van der Waals surface area contributed by atoms with Crippen molar-refractivity contribution < 1.29 is 9.53 Å². The number of hydrogen-bond acceptors (Lipinski definition) is 2. The van der Waals surface area contributed by atoms with Crippen LogP contribution in [-0.4, -0.2) is 13.0 Å². The average Bonchev–Trinajstić information content (AvgIpc) is 2.47. The van der Waals surface area contributed by atoms with Crippen LogP contribution in [0.25, 0.3) is 0 Å². The van der Waals surface area contributed by atoms with Crippen molar-refractivity contribution in [1.82, 2.24) is 5.32 Å². The van der Waals surface area contributed by atoms with Crippen LogP contribution >= 0.6 is 23.2 Å². The Labute approximate surface area is 140 Å². The van der Waals surface area contributed by atoms with Crippen molar-refractivity contribution in [2.75, 3.05) is 7.11 Å². The highest BCUT2D eigenvalue weighted by Crippen LogP contribution is 2.26. The molecule has 0 spiro atoms. The summed E-state index contributed by atoms with van der Waals surface area (Å²) in [6, 6.07) is 12.5. The summed E-state index contributed by atoms with van der Waals surface area (Å²) in [5.41, 5.74) is 1.73. The Kier molecular flexibility index (Phi) is 5.69. The van der Waals surface area contributed by atoms with E-state index in [1.54, 1.807) is 19.2 Å². The molecule has 0 aromatic heterocycles. The first kappa shape index (κ1) is 16.7. The van der Waals surface area contributed by atoms with E-state index < -0.39 is 0 Å². The third kappa shape index (κ3) is 4.39. The summed E-state index contributed by atoms with van der Waals surface area (Å²) in [6.07, 6.45) is 0.284. The first-order valence-corrected chi connectivity index (χ1v) is 7.62. The van der Waals surface area contributed by atoms with Gasteiger partial charge < -0.3 is 10.1 Å². The summed E-state index contributed by atoms with van der Waals surface area (Å²) in [5, 5.41) is 4.05. The summed E-state index contributed by atoms with van der Waals surface area (Å²) in [7, 11) is 1.60. The molecular weight excluding hydrogens is 321 g/mol. The summed E-state index contributed by atoms with van der Waals surface area (Å²) in [4.78, 5) is 12.2. The molecule has 0 unspecified atom stereocenters. The molecule has 0 aliphatic carbocycles. The zero-order valence-corrected chi connectivity index (χ0v) is 13.9. The van der Waals surface area contributed by atoms with E-state index in [0.29, 0.717) is 10.0 Å². The standard InChI is InChI=1S/C17H17Cl2NO2/c1-11(15-7-6-13(18)10-16(15)19)20-17(21)9-12-4-3-5-14(8-12)22-2/h3-8,10-11H,9H2,1-2H3,(H,20,21)/t11-/m0/s1. The highest BCUT2D eigenvalue weighted by atomic mass is 35.5. The van der Waals surface area contributed by atoms with Crippen LogP contribution in [0.1, 0.15) is 24.1 Å². The SMILES string of the molecule is COc1cccc(CC(=O)N[C@@H](C)c2ccc(Cl)cc2Cl)c1. The van der Waals surface area contributed by atoms with Gasteiger partial charge >= 0.3 is 0 Å². The molecule has 1 N–H and O–H groups in total. The smallest absolute Gasteiger partial charge is 0.224 e. The minimum absolute atomic E-state index is 0.0771. The molecule has 2 aromatic carbocycles. The second kappa shape index (κ2) is 7.52. The maximum atomic E-state index is 12.2. The number of rotatable bonds is 5. The maximum absolute atomic E-state index is 12.2. The Bertz CT molecular complexity index is 673. The fourth-order valence-electron chi connectivity index (χ4n) is 2.19. The molecule has 0 aliphatic heterocycles. The molecule has 22 heavy (non-hydrogen) atoms. The summed E-state index contributed by atoms with van der Waals surface area (Å²) >= 11 is 12.0. The molecule has 0 heterocycles. The van der Waals surface area contributed by atoms with Gasteiger partial charge in [-0.3, -0.25) is 4.79 Å². The number of amides is 1. The predicted molar refractivity (Wildman–Crippen MR) is 89.7 cm³/mol. The Morgan fingerprint density at radius 1 is 1.23 bits per heavy atom. The van der Waals surface area contributed by atoms with E-state index in [-0.39, 0.29) is 18.4 Å². The zero-order valence-electron chi connectivity index (χ0n) is 12.4. The highest BCUT2D eigenvalue weighted by Gasteiger charge is 2.13. The van der Waals surface area contributed by atoms with Crippen LogP contribution in [-0.2, 0) is 11.2 Å². The lowest BCUT2D eigenvalue weighted by Gasteiger charge is -2.16. The molecule has 0 radical (unpaired) electrons. The Morgan fingerprint density at radius 2 is 2.00 bits per heavy atom. The first-order chi connectivity index (χ1) is 10.5. The fraction of sp³-hybridized carbons (Fsp3) is 0.235. The van der Waals surface area contributed by atoms with Crippen LogP contribution in [0.3, 0.4) is 0 Å². The van der Waals surface area contributed by atoms with Gasteiger partial charge in [0.2, 0.25) is 5.91 Å². The van der Waals surface area contributed by atoms with Crippen LogP contribution in [0, 0.1) is 0 Å². The van der Waals surface area contributed by atoms with Gasteiger partial charge in [-0.05, 0) is 42.3 Å². The van der Waals surface area contributed by atoms with Gasteiger partial charge in [0, 0.05) is 10.0 Å². The molecule has 5 heteroatoms. The normalized spacial score (nSPS) is 11.8. The van der Waals surface area contributed by atoms with Crippen LogP contribution in [0.5, 0.6) is 5.75 Å². The molecule has 1 amide bonds. The lowest BCUT2D eigenvalue weighted by atomic mass is 10.1. The fourth-order valence-corrected chi connectivity index (χ4v) is 2.76. The molecule has 3 nitrogen and oxygen atoms in total. The topological polar surface area (TPSA) is 38.3 Å². The van der Waals surface area contributed by atoms with Gasteiger partial charge in [0.1, 0.15) is 5.75 Å². The van der Waals surface area contributed by atoms with Crippen molar-refractivity contribution >= 4 is 29.1 Å². The van der Waals surface area contributed by atoms with Gasteiger partial charge in [-0.15, -0.1) is 0 Å². The maximum Gasteiger partial charge on any atom is 0.224 e. The Hall–Kier alpha value is -1.71. The molecule has 2 aromatic rings. The van der Waals surface area contributed by atoms with E-state index in [0.717, 1.165) is 16.9 Å².